The zero-order valence-electron chi connectivity index (χ0n) is 15.1. The highest BCUT2D eigenvalue weighted by atomic mass is 16.1. The molecule has 0 saturated heterocycles. The van der Waals surface area contributed by atoms with Gasteiger partial charge in [0.1, 0.15) is 17.6 Å². The summed E-state index contributed by atoms with van der Waals surface area (Å²) in [6.07, 6.45) is 2.31. The molecule has 0 aliphatic heterocycles. The van der Waals surface area contributed by atoms with Gasteiger partial charge in [0, 0.05) is 11.9 Å². The summed E-state index contributed by atoms with van der Waals surface area (Å²) in [4.78, 5) is 29.3. The number of amides is 1. The summed E-state index contributed by atoms with van der Waals surface area (Å²) in [5.74, 6) is -0.492. The van der Waals surface area contributed by atoms with Crippen molar-refractivity contribution in [1.29, 1.82) is 0 Å². The predicted molar refractivity (Wildman–Crippen MR) is 106 cm³/mol. The van der Waals surface area contributed by atoms with E-state index >= 15 is 0 Å². The lowest BCUT2D eigenvalue weighted by Crippen LogP contribution is -2.26. The van der Waals surface area contributed by atoms with Crippen LogP contribution in [0, 0.1) is 6.92 Å². The lowest BCUT2D eigenvalue weighted by molar-refractivity contribution is -0.118. The summed E-state index contributed by atoms with van der Waals surface area (Å²) in [5, 5.41) is 0.860. The fourth-order valence-electron chi connectivity index (χ4n) is 3.49. The van der Waals surface area contributed by atoms with E-state index in [2.05, 4.69) is 4.98 Å². The molecule has 0 saturated carbocycles. The van der Waals surface area contributed by atoms with Crippen molar-refractivity contribution in [3.63, 3.8) is 0 Å². The smallest absolute Gasteiger partial charge is 0.277 e. The molecule has 2 heterocycles. The average molecular weight is 360 g/mol. The quantitative estimate of drug-likeness (QED) is 0.593. The average Bonchev–Trinajstić information content (AvgIpc) is 2.95. The van der Waals surface area contributed by atoms with Crippen molar-refractivity contribution < 1.29 is 4.79 Å². The van der Waals surface area contributed by atoms with Crippen molar-refractivity contribution in [1.82, 2.24) is 14.1 Å². The lowest BCUT2D eigenvalue weighted by atomic mass is 10.1. The fourth-order valence-corrected chi connectivity index (χ4v) is 3.49. The van der Waals surface area contributed by atoms with Gasteiger partial charge in [-0.15, -0.1) is 0 Å². The second kappa shape index (κ2) is 6.72. The van der Waals surface area contributed by atoms with Crippen molar-refractivity contribution in [2.75, 3.05) is 0 Å². The maximum Gasteiger partial charge on any atom is 0.277 e. The highest BCUT2D eigenvalue weighted by Crippen LogP contribution is 2.26. The highest BCUT2D eigenvalue weighted by molar-refractivity contribution is 6.06. The van der Waals surface area contributed by atoms with Crippen LogP contribution in [-0.4, -0.2) is 20.0 Å². The second-order valence-electron chi connectivity index (χ2n) is 6.75. The summed E-state index contributed by atoms with van der Waals surface area (Å²) in [6.45, 7) is 2.45. The van der Waals surface area contributed by atoms with Gasteiger partial charge in [-0.1, -0.05) is 42.0 Å². The monoisotopic (exact) mass is 360 g/mol. The van der Waals surface area contributed by atoms with E-state index in [-0.39, 0.29) is 12.1 Å². The Labute approximate surface area is 155 Å². The number of nitrogens with zero attached hydrogens (tertiary/aromatic N) is 3. The molecule has 0 unspecified atom stereocenters. The molecule has 136 valence electrons. The van der Waals surface area contributed by atoms with Gasteiger partial charge in [0.05, 0.1) is 11.8 Å². The van der Waals surface area contributed by atoms with Gasteiger partial charge in [0.25, 0.3) is 5.56 Å². The van der Waals surface area contributed by atoms with Gasteiger partial charge in [0.15, 0.2) is 0 Å². The molecule has 6 nitrogen and oxygen atoms in total. The molecule has 0 bridgehead atoms. The van der Waals surface area contributed by atoms with E-state index in [4.69, 9.17) is 5.73 Å². The van der Waals surface area contributed by atoms with E-state index in [0.717, 1.165) is 28.5 Å². The molecule has 0 aliphatic carbocycles. The van der Waals surface area contributed by atoms with Crippen LogP contribution in [0.4, 0.5) is 0 Å². The molecule has 2 aromatic heterocycles. The minimum atomic E-state index is -0.492. The standard InChI is InChI=1S/C21H20N4O2/c1-14-7-8-17-16(11-14)19-20(25(17)12-18(22)26)21(27)24(13-23-19)10-9-15-5-3-2-4-6-15/h2-8,11,13H,9-10,12H2,1H3,(H2,22,26). The number of hydrogen-bond acceptors (Lipinski definition) is 3. The summed E-state index contributed by atoms with van der Waals surface area (Å²) < 4.78 is 3.28. The molecule has 4 aromatic rings. The minimum absolute atomic E-state index is 0.0529. The van der Waals surface area contributed by atoms with E-state index in [1.807, 2.05) is 55.5 Å². The Balaban J connectivity index is 1.87. The van der Waals surface area contributed by atoms with Gasteiger partial charge in [-0.05, 0) is 31.0 Å². The molecule has 1 amide bonds. The Morgan fingerprint density at radius 2 is 1.93 bits per heavy atom. The molecular formula is C21H20N4O2. The first-order valence-corrected chi connectivity index (χ1v) is 8.85. The van der Waals surface area contributed by atoms with Crippen LogP contribution >= 0.6 is 0 Å². The van der Waals surface area contributed by atoms with Gasteiger partial charge in [0.2, 0.25) is 5.91 Å². The van der Waals surface area contributed by atoms with Gasteiger partial charge in [-0.3, -0.25) is 14.2 Å². The Morgan fingerprint density at radius 3 is 2.67 bits per heavy atom. The third-order valence-corrected chi connectivity index (χ3v) is 4.78. The number of hydrogen-bond donors (Lipinski definition) is 1. The van der Waals surface area contributed by atoms with Gasteiger partial charge < -0.3 is 10.3 Å². The Hall–Kier alpha value is -3.41. The molecule has 27 heavy (non-hydrogen) atoms. The minimum Gasteiger partial charge on any atom is -0.368 e. The number of nitrogens with two attached hydrogens (primary N) is 1. The third-order valence-electron chi connectivity index (χ3n) is 4.78. The fraction of sp³-hybridized carbons (Fsp3) is 0.190. The summed E-state index contributed by atoms with van der Waals surface area (Å²) >= 11 is 0. The first-order valence-electron chi connectivity index (χ1n) is 8.85. The van der Waals surface area contributed by atoms with Crippen LogP contribution in [0.15, 0.2) is 59.7 Å². The molecule has 0 radical (unpaired) electrons. The molecule has 0 spiro atoms. The number of aromatic nitrogens is 3. The first kappa shape index (κ1) is 17.0. The van der Waals surface area contributed by atoms with E-state index in [1.54, 1.807) is 15.5 Å². The Kier molecular flexibility index (Phi) is 4.24. The number of carbonyl (C=O) groups is 1. The summed E-state index contributed by atoms with van der Waals surface area (Å²) in [7, 11) is 0. The summed E-state index contributed by atoms with van der Waals surface area (Å²) in [5.41, 5.74) is 9.30. The molecule has 4 rings (SSSR count). The van der Waals surface area contributed by atoms with Crippen LogP contribution in [0.1, 0.15) is 11.1 Å². The van der Waals surface area contributed by atoms with E-state index in [9.17, 15) is 9.59 Å². The maximum absolute atomic E-state index is 13.2. The van der Waals surface area contributed by atoms with E-state index in [0.29, 0.717) is 17.6 Å². The van der Waals surface area contributed by atoms with Crippen LogP contribution in [0.2, 0.25) is 0 Å². The van der Waals surface area contributed by atoms with E-state index in [1.165, 1.54) is 0 Å². The lowest BCUT2D eigenvalue weighted by Gasteiger charge is -2.08. The third kappa shape index (κ3) is 3.10. The largest absolute Gasteiger partial charge is 0.368 e. The van der Waals surface area contributed by atoms with Gasteiger partial charge in [-0.25, -0.2) is 4.98 Å². The van der Waals surface area contributed by atoms with Crippen LogP contribution in [0.5, 0.6) is 0 Å². The SMILES string of the molecule is Cc1ccc2c(c1)c1ncn(CCc3ccccc3)c(=O)c1n2CC(N)=O. The van der Waals surface area contributed by atoms with Crippen LogP contribution in [0.25, 0.3) is 21.9 Å². The van der Waals surface area contributed by atoms with Gasteiger partial charge >= 0.3 is 0 Å². The van der Waals surface area contributed by atoms with Gasteiger partial charge in [-0.2, -0.15) is 0 Å². The molecule has 0 aliphatic rings. The topological polar surface area (TPSA) is 82.9 Å². The highest BCUT2D eigenvalue weighted by Gasteiger charge is 2.17. The number of primary amides is 1. The second-order valence-corrected chi connectivity index (χ2v) is 6.75. The zero-order chi connectivity index (χ0) is 19.0. The molecule has 2 aromatic carbocycles. The van der Waals surface area contributed by atoms with Crippen molar-refractivity contribution >= 4 is 27.8 Å². The van der Waals surface area contributed by atoms with Crippen LogP contribution < -0.4 is 11.3 Å². The van der Waals surface area contributed by atoms with Crippen LogP contribution in [-0.2, 0) is 24.3 Å². The number of fused-ring (bicyclic) bond motifs is 3. The van der Waals surface area contributed by atoms with Crippen molar-refractivity contribution in [2.24, 2.45) is 5.73 Å². The Morgan fingerprint density at radius 1 is 1.15 bits per heavy atom. The van der Waals surface area contributed by atoms with Crippen molar-refractivity contribution in [3.05, 3.63) is 76.3 Å². The Bertz CT molecular complexity index is 1210. The number of carbonyl (C=O) groups excluding carboxylic acids is 1. The maximum atomic E-state index is 13.2. The normalized spacial score (nSPS) is 11.3. The summed E-state index contributed by atoms with van der Waals surface area (Å²) in [6, 6.07) is 15.8. The van der Waals surface area contributed by atoms with E-state index < -0.39 is 5.91 Å². The van der Waals surface area contributed by atoms with Crippen molar-refractivity contribution in [3.8, 4) is 0 Å². The molecule has 2 N–H and O–H groups in total. The number of benzene rings is 2. The number of aryl methyl sites for hydroxylation is 3. The predicted octanol–water partition coefficient (Wildman–Crippen LogP) is 2.39. The van der Waals surface area contributed by atoms with Crippen LogP contribution in [0.3, 0.4) is 0 Å². The first-order chi connectivity index (χ1) is 13.0. The molecule has 6 heteroatoms. The molecule has 0 atom stereocenters. The number of rotatable bonds is 5. The van der Waals surface area contributed by atoms with Crippen molar-refractivity contribution in [2.45, 2.75) is 26.4 Å². The molecule has 0 fully saturated rings. The molecular weight excluding hydrogens is 340 g/mol. The zero-order valence-corrected chi connectivity index (χ0v) is 15.1.